The third-order valence-corrected chi connectivity index (χ3v) is 1.97. The van der Waals surface area contributed by atoms with Gasteiger partial charge in [0.05, 0.1) is 5.69 Å². The van der Waals surface area contributed by atoms with Gasteiger partial charge in [0.2, 0.25) is 0 Å². The summed E-state index contributed by atoms with van der Waals surface area (Å²) in [6.07, 6.45) is 1.06. The van der Waals surface area contributed by atoms with Crippen LogP contribution in [0.2, 0.25) is 0 Å². The van der Waals surface area contributed by atoms with Gasteiger partial charge in [0.15, 0.2) is 0 Å². The summed E-state index contributed by atoms with van der Waals surface area (Å²) in [5, 5.41) is 2.58. The molecule has 1 N–H and O–H groups in total. The highest BCUT2D eigenvalue weighted by atomic mass is 16.6. The first-order valence-electron chi connectivity index (χ1n) is 5.52. The molecule has 0 bridgehead atoms. The van der Waals surface area contributed by atoms with E-state index in [1.54, 1.807) is 33.0 Å². The van der Waals surface area contributed by atoms with Gasteiger partial charge in [-0.2, -0.15) is 0 Å². The van der Waals surface area contributed by atoms with E-state index in [1.165, 1.54) is 10.6 Å². The second-order valence-electron chi connectivity index (χ2n) is 4.67. The minimum atomic E-state index is -0.538. The zero-order valence-corrected chi connectivity index (χ0v) is 10.6. The van der Waals surface area contributed by atoms with Crippen LogP contribution in [-0.2, 0) is 11.3 Å². The van der Waals surface area contributed by atoms with Crippen molar-refractivity contribution in [3.63, 3.8) is 0 Å². The van der Waals surface area contributed by atoms with Crippen molar-refractivity contribution < 1.29 is 9.53 Å². The number of carbonyl (C=O) groups excluding carboxylic acids is 1. The fourth-order valence-corrected chi connectivity index (χ4v) is 1.27. The predicted octanol–water partition coefficient (Wildman–Crippen LogP) is 2.22. The lowest BCUT2D eigenvalue weighted by molar-refractivity contribution is 0.0636. The molecule has 0 unspecified atom stereocenters. The van der Waals surface area contributed by atoms with Crippen LogP contribution in [0.1, 0.15) is 27.7 Å². The first-order valence-corrected chi connectivity index (χ1v) is 5.52. The molecule has 1 heterocycles. The fraction of sp³-hybridized carbons (Fsp3) is 0.500. The van der Waals surface area contributed by atoms with Gasteiger partial charge in [-0.3, -0.25) is 10.1 Å². The summed E-state index contributed by atoms with van der Waals surface area (Å²) in [5.74, 6) is 0. The molecule has 5 nitrogen and oxygen atoms in total. The van der Waals surface area contributed by atoms with E-state index in [1.807, 2.05) is 6.92 Å². The van der Waals surface area contributed by atoms with Crippen molar-refractivity contribution in [2.45, 2.75) is 39.8 Å². The molecule has 0 aliphatic carbocycles. The molecule has 94 valence electrons. The Hall–Kier alpha value is -1.78. The summed E-state index contributed by atoms with van der Waals surface area (Å²) in [6, 6.07) is 2.97. The molecule has 0 aliphatic heterocycles. The number of amides is 1. The Morgan fingerprint density at radius 2 is 2.06 bits per heavy atom. The monoisotopic (exact) mass is 238 g/mol. The quantitative estimate of drug-likeness (QED) is 0.859. The molecule has 1 amide bonds. The van der Waals surface area contributed by atoms with Crippen molar-refractivity contribution in [3.05, 3.63) is 28.7 Å². The third kappa shape index (κ3) is 4.30. The van der Waals surface area contributed by atoms with E-state index in [0.29, 0.717) is 12.2 Å². The molecule has 1 aromatic heterocycles. The molecule has 17 heavy (non-hydrogen) atoms. The molecule has 5 heteroatoms. The fourth-order valence-electron chi connectivity index (χ4n) is 1.27. The van der Waals surface area contributed by atoms with Crippen LogP contribution in [0.5, 0.6) is 0 Å². The number of nitrogens with one attached hydrogen (secondary N) is 1. The van der Waals surface area contributed by atoms with E-state index < -0.39 is 11.7 Å². The zero-order chi connectivity index (χ0) is 13.1. The molecule has 0 fully saturated rings. The lowest BCUT2D eigenvalue weighted by Crippen LogP contribution is -2.28. The molecular formula is C12H18N2O3. The van der Waals surface area contributed by atoms with Crippen LogP contribution in [0.15, 0.2) is 23.1 Å². The van der Waals surface area contributed by atoms with Crippen molar-refractivity contribution in [1.82, 2.24) is 4.57 Å². The summed E-state index contributed by atoms with van der Waals surface area (Å²) in [6.45, 7) is 7.79. The standard InChI is InChI=1S/C12H18N2O3/c1-5-14-8-9(6-7-10(14)15)13-11(16)17-12(2,3)4/h6-8H,5H2,1-4H3,(H,13,16). The molecule has 0 saturated heterocycles. The minimum Gasteiger partial charge on any atom is -0.444 e. The van der Waals surface area contributed by atoms with Gasteiger partial charge >= 0.3 is 6.09 Å². The highest BCUT2D eigenvalue weighted by molar-refractivity contribution is 5.84. The molecule has 0 spiro atoms. The molecule has 0 saturated carbocycles. The van der Waals surface area contributed by atoms with Crippen molar-refractivity contribution >= 4 is 11.8 Å². The lowest BCUT2D eigenvalue weighted by atomic mass is 10.2. The number of aryl methyl sites for hydroxylation is 1. The lowest BCUT2D eigenvalue weighted by Gasteiger charge is -2.19. The normalized spacial score (nSPS) is 11.1. The number of anilines is 1. The summed E-state index contributed by atoms with van der Waals surface area (Å²) < 4.78 is 6.61. The molecule has 0 aliphatic rings. The Balaban J connectivity index is 2.76. The average Bonchev–Trinajstić information content (AvgIpc) is 2.18. The van der Waals surface area contributed by atoms with Crippen molar-refractivity contribution in [3.8, 4) is 0 Å². The predicted molar refractivity (Wildman–Crippen MR) is 66.2 cm³/mol. The van der Waals surface area contributed by atoms with Gasteiger partial charge in [-0.05, 0) is 33.8 Å². The highest BCUT2D eigenvalue weighted by Crippen LogP contribution is 2.10. The minimum absolute atomic E-state index is 0.0951. The van der Waals surface area contributed by atoms with Gasteiger partial charge in [0.25, 0.3) is 5.56 Å². The second-order valence-corrected chi connectivity index (χ2v) is 4.67. The number of carbonyl (C=O) groups is 1. The first-order chi connectivity index (χ1) is 7.81. The number of rotatable bonds is 2. The van der Waals surface area contributed by atoms with E-state index in [9.17, 15) is 9.59 Å². The maximum atomic E-state index is 11.5. The van der Waals surface area contributed by atoms with Gasteiger partial charge in [0.1, 0.15) is 5.60 Å². The first kappa shape index (κ1) is 13.3. The SMILES string of the molecule is CCn1cc(NC(=O)OC(C)(C)C)ccc1=O. The van der Waals surface area contributed by atoms with Crippen LogP contribution in [-0.4, -0.2) is 16.3 Å². The molecule has 0 atom stereocenters. The van der Waals surface area contributed by atoms with Crippen molar-refractivity contribution in [2.75, 3.05) is 5.32 Å². The Morgan fingerprint density at radius 3 is 2.59 bits per heavy atom. The second kappa shape index (κ2) is 5.03. The average molecular weight is 238 g/mol. The number of hydrogen-bond donors (Lipinski definition) is 1. The molecule has 1 rings (SSSR count). The van der Waals surface area contributed by atoms with Gasteiger partial charge in [0, 0.05) is 18.8 Å². The highest BCUT2D eigenvalue weighted by Gasteiger charge is 2.16. The third-order valence-electron chi connectivity index (χ3n) is 1.97. The van der Waals surface area contributed by atoms with E-state index in [2.05, 4.69) is 5.32 Å². The van der Waals surface area contributed by atoms with Crippen LogP contribution in [0.3, 0.4) is 0 Å². The van der Waals surface area contributed by atoms with Crippen LogP contribution >= 0.6 is 0 Å². The van der Waals surface area contributed by atoms with E-state index in [4.69, 9.17) is 4.74 Å². The zero-order valence-electron chi connectivity index (χ0n) is 10.6. The van der Waals surface area contributed by atoms with Gasteiger partial charge in [-0.25, -0.2) is 4.79 Å². The van der Waals surface area contributed by atoms with Crippen molar-refractivity contribution in [2.24, 2.45) is 0 Å². The van der Waals surface area contributed by atoms with Crippen LogP contribution in [0.4, 0.5) is 10.5 Å². The van der Waals surface area contributed by atoms with Crippen LogP contribution in [0.25, 0.3) is 0 Å². The Labute approximate surface area is 100 Å². The number of hydrogen-bond acceptors (Lipinski definition) is 3. The van der Waals surface area contributed by atoms with Crippen LogP contribution in [0, 0.1) is 0 Å². The molecule has 1 aromatic rings. The number of ether oxygens (including phenoxy) is 1. The summed E-state index contributed by atoms with van der Waals surface area (Å²) in [7, 11) is 0. The number of nitrogens with zero attached hydrogens (tertiary/aromatic N) is 1. The van der Waals surface area contributed by atoms with Crippen molar-refractivity contribution in [1.29, 1.82) is 0 Å². The maximum absolute atomic E-state index is 11.5. The van der Waals surface area contributed by atoms with Gasteiger partial charge in [-0.15, -0.1) is 0 Å². The van der Waals surface area contributed by atoms with E-state index in [0.717, 1.165) is 0 Å². The van der Waals surface area contributed by atoms with Gasteiger partial charge in [-0.1, -0.05) is 0 Å². The smallest absolute Gasteiger partial charge is 0.412 e. The largest absolute Gasteiger partial charge is 0.444 e. The molecular weight excluding hydrogens is 220 g/mol. The Morgan fingerprint density at radius 1 is 1.41 bits per heavy atom. The summed E-state index contributed by atoms with van der Waals surface area (Å²) in [4.78, 5) is 22.8. The van der Waals surface area contributed by atoms with Gasteiger partial charge < -0.3 is 9.30 Å². The molecule has 0 radical (unpaired) electrons. The van der Waals surface area contributed by atoms with Crippen LogP contribution < -0.4 is 10.9 Å². The van der Waals surface area contributed by atoms with E-state index >= 15 is 0 Å². The topological polar surface area (TPSA) is 60.3 Å². The summed E-state index contributed by atoms with van der Waals surface area (Å²) in [5.41, 5.74) is -0.0912. The Kier molecular flexibility index (Phi) is 3.93. The maximum Gasteiger partial charge on any atom is 0.412 e. The number of aromatic nitrogens is 1. The molecule has 0 aromatic carbocycles. The Bertz CT molecular complexity index is 458. The number of pyridine rings is 1. The van der Waals surface area contributed by atoms with E-state index in [-0.39, 0.29) is 5.56 Å². The summed E-state index contributed by atoms with van der Waals surface area (Å²) >= 11 is 0.